The maximum absolute atomic E-state index is 12.1. The molecule has 150 valence electrons. The van der Waals surface area contributed by atoms with Gasteiger partial charge in [-0.05, 0) is 43.0 Å². The number of non-ortho nitro benzene ring substituents is 1. The summed E-state index contributed by atoms with van der Waals surface area (Å²) in [5, 5.41) is 10.8. The third kappa shape index (κ3) is 4.90. The highest BCUT2D eigenvalue weighted by molar-refractivity contribution is 8.00. The largest absolute Gasteiger partial charge is 0.294 e. The minimum Gasteiger partial charge on any atom is -0.294 e. The van der Waals surface area contributed by atoms with Crippen molar-refractivity contribution in [1.82, 2.24) is 9.97 Å². The Labute approximate surface area is 172 Å². The molecule has 0 bridgehead atoms. The Morgan fingerprint density at radius 3 is 2.31 bits per heavy atom. The van der Waals surface area contributed by atoms with Crippen molar-refractivity contribution in [2.75, 3.05) is 11.0 Å². The van der Waals surface area contributed by atoms with Crippen LogP contribution in [0.2, 0.25) is 0 Å². The number of benzene rings is 2. The van der Waals surface area contributed by atoms with Crippen LogP contribution in [0.4, 0.5) is 11.6 Å². The van der Waals surface area contributed by atoms with Gasteiger partial charge in [-0.25, -0.2) is 18.4 Å². The van der Waals surface area contributed by atoms with E-state index < -0.39 is 14.8 Å². The number of nitrogens with zero attached hydrogens (tertiary/aromatic N) is 3. The van der Waals surface area contributed by atoms with Gasteiger partial charge in [0.1, 0.15) is 0 Å². The Hall–Kier alpha value is -2.98. The summed E-state index contributed by atoms with van der Waals surface area (Å²) in [7, 11) is -3.57. The van der Waals surface area contributed by atoms with E-state index in [1.54, 1.807) is 12.1 Å². The molecule has 10 heteroatoms. The Morgan fingerprint density at radius 2 is 1.69 bits per heavy atom. The lowest BCUT2D eigenvalue weighted by atomic mass is 10.00. The molecule has 3 aromatic rings. The van der Waals surface area contributed by atoms with Gasteiger partial charge in [-0.15, -0.1) is 0 Å². The second-order valence-electron chi connectivity index (χ2n) is 6.41. The van der Waals surface area contributed by atoms with Gasteiger partial charge in [0.25, 0.3) is 5.69 Å². The first-order chi connectivity index (χ1) is 13.6. The molecule has 0 radical (unpaired) electrons. The topological polar surface area (TPSA) is 115 Å². The molecule has 0 amide bonds. The van der Waals surface area contributed by atoms with Crippen molar-refractivity contribution in [3.05, 3.63) is 69.8 Å². The molecule has 2 aromatic carbocycles. The summed E-state index contributed by atoms with van der Waals surface area (Å²) in [6.45, 7) is 3.85. The molecular weight excluding hydrogens is 412 g/mol. The molecule has 3 rings (SSSR count). The van der Waals surface area contributed by atoms with Crippen molar-refractivity contribution in [3.63, 3.8) is 0 Å². The van der Waals surface area contributed by atoms with Gasteiger partial charge in [-0.2, -0.15) is 0 Å². The van der Waals surface area contributed by atoms with Crippen LogP contribution in [0.1, 0.15) is 11.1 Å². The Balaban J connectivity index is 2.01. The molecule has 0 unspecified atom stereocenters. The minimum absolute atomic E-state index is 0.0428. The van der Waals surface area contributed by atoms with Gasteiger partial charge in [0.2, 0.25) is 5.95 Å². The highest BCUT2D eigenvalue weighted by atomic mass is 32.2. The fourth-order valence-electron chi connectivity index (χ4n) is 2.77. The van der Waals surface area contributed by atoms with Gasteiger partial charge in [0.15, 0.2) is 14.9 Å². The SMILES string of the molecule is Cc1cccc(C)c1-c1cc(S(C)(=O)=O)nc(NSc2cccc([N+](=O)[O-])c2)n1. The molecule has 0 saturated heterocycles. The zero-order valence-corrected chi connectivity index (χ0v) is 17.5. The number of aromatic nitrogens is 2. The van der Waals surface area contributed by atoms with Crippen LogP contribution in [-0.2, 0) is 9.84 Å². The second kappa shape index (κ2) is 8.18. The van der Waals surface area contributed by atoms with E-state index in [0.29, 0.717) is 10.6 Å². The lowest BCUT2D eigenvalue weighted by molar-refractivity contribution is -0.385. The van der Waals surface area contributed by atoms with Gasteiger partial charge in [0.05, 0.1) is 10.6 Å². The number of nitro benzene ring substituents is 1. The van der Waals surface area contributed by atoms with E-state index >= 15 is 0 Å². The summed E-state index contributed by atoms with van der Waals surface area (Å²) in [5.74, 6) is 0.0992. The zero-order chi connectivity index (χ0) is 21.2. The third-order valence-corrected chi connectivity index (χ3v) is 5.85. The quantitative estimate of drug-likeness (QED) is 0.268. The minimum atomic E-state index is -3.57. The maximum Gasteiger partial charge on any atom is 0.270 e. The summed E-state index contributed by atoms with van der Waals surface area (Å²) < 4.78 is 27.2. The maximum atomic E-state index is 12.1. The molecule has 8 nitrogen and oxygen atoms in total. The fraction of sp³-hybridized carbons (Fsp3) is 0.158. The van der Waals surface area contributed by atoms with Crippen molar-refractivity contribution >= 4 is 33.4 Å². The molecule has 1 heterocycles. The second-order valence-corrected chi connectivity index (χ2v) is 9.25. The van der Waals surface area contributed by atoms with Crippen LogP contribution in [0, 0.1) is 24.0 Å². The standard InChI is InChI=1S/C19H18N4O4S2/c1-12-6-4-7-13(2)18(12)16-11-17(29(3,26)27)21-19(20-16)22-28-15-9-5-8-14(10-15)23(24)25/h4-11H,1-3H3,(H,20,21,22). The van der Waals surface area contributed by atoms with E-state index in [2.05, 4.69) is 14.7 Å². The third-order valence-electron chi connectivity index (χ3n) is 4.11. The number of hydrogen-bond acceptors (Lipinski definition) is 8. The van der Waals surface area contributed by atoms with Gasteiger partial charge in [-0.1, -0.05) is 24.3 Å². The van der Waals surface area contributed by atoms with Crippen LogP contribution in [0.15, 0.2) is 58.5 Å². The predicted molar refractivity (Wildman–Crippen MR) is 113 cm³/mol. The van der Waals surface area contributed by atoms with Crippen molar-refractivity contribution in [3.8, 4) is 11.3 Å². The van der Waals surface area contributed by atoms with Crippen LogP contribution in [0.5, 0.6) is 0 Å². The van der Waals surface area contributed by atoms with Crippen molar-refractivity contribution in [2.24, 2.45) is 0 Å². The molecule has 0 atom stereocenters. The fourth-order valence-corrected chi connectivity index (χ4v) is 3.98. The van der Waals surface area contributed by atoms with Crippen LogP contribution in [0.25, 0.3) is 11.3 Å². The van der Waals surface area contributed by atoms with Gasteiger partial charge >= 0.3 is 0 Å². The molecule has 0 saturated carbocycles. The smallest absolute Gasteiger partial charge is 0.270 e. The van der Waals surface area contributed by atoms with Gasteiger partial charge in [-0.3, -0.25) is 14.8 Å². The number of sulfone groups is 1. The zero-order valence-electron chi connectivity index (χ0n) is 15.9. The summed E-state index contributed by atoms with van der Waals surface area (Å²) in [4.78, 5) is 19.6. The van der Waals surface area contributed by atoms with Crippen molar-refractivity contribution < 1.29 is 13.3 Å². The number of rotatable bonds is 6. The van der Waals surface area contributed by atoms with E-state index in [9.17, 15) is 18.5 Å². The highest BCUT2D eigenvalue weighted by Gasteiger charge is 2.17. The number of aryl methyl sites for hydroxylation is 2. The molecule has 0 spiro atoms. The first kappa shape index (κ1) is 20.7. The molecule has 0 fully saturated rings. The number of hydrogen-bond donors (Lipinski definition) is 1. The number of nitrogens with one attached hydrogen (secondary N) is 1. The van der Waals surface area contributed by atoms with Gasteiger partial charge in [0, 0.05) is 34.9 Å². The van der Waals surface area contributed by atoms with E-state index in [0.717, 1.165) is 34.9 Å². The lowest BCUT2D eigenvalue weighted by Crippen LogP contribution is -2.06. The van der Waals surface area contributed by atoms with E-state index in [-0.39, 0.29) is 16.7 Å². The molecule has 0 aliphatic carbocycles. The molecule has 0 aliphatic rings. The Morgan fingerprint density at radius 1 is 1.03 bits per heavy atom. The van der Waals surface area contributed by atoms with E-state index in [1.165, 1.54) is 18.2 Å². The number of anilines is 1. The number of nitro groups is 1. The Kier molecular flexibility index (Phi) is 5.85. The summed E-state index contributed by atoms with van der Waals surface area (Å²) in [5.41, 5.74) is 3.20. The highest BCUT2D eigenvalue weighted by Crippen LogP contribution is 2.29. The lowest BCUT2D eigenvalue weighted by Gasteiger charge is -2.12. The normalized spacial score (nSPS) is 11.3. The predicted octanol–water partition coefficient (Wildman–Crippen LogP) is 4.19. The molecule has 1 aromatic heterocycles. The molecule has 0 aliphatic heterocycles. The van der Waals surface area contributed by atoms with Crippen LogP contribution >= 0.6 is 11.9 Å². The van der Waals surface area contributed by atoms with Crippen molar-refractivity contribution in [1.29, 1.82) is 0 Å². The van der Waals surface area contributed by atoms with Crippen LogP contribution in [-0.4, -0.2) is 29.6 Å². The van der Waals surface area contributed by atoms with Gasteiger partial charge < -0.3 is 0 Å². The average molecular weight is 431 g/mol. The summed E-state index contributed by atoms with van der Waals surface area (Å²) >= 11 is 1.06. The average Bonchev–Trinajstić information content (AvgIpc) is 2.66. The first-order valence-electron chi connectivity index (χ1n) is 8.48. The Bertz CT molecular complexity index is 1180. The molecule has 29 heavy (non-hydrogen) atoms. The van der Waals surface area contributed by atoms with E-state index in [4.69, 9.17) is 0 Å². The van der Waals surface area contributed by atoms with Crippen LogP contribution < -0.4 is 4.72 Å². The first-order valence-corrected chi connectivity index (χ1v) is 11.2. The van der Waals surface area contributed by atoms with E-state index in [1.807, 2.05) is 32.0 Å². The van der Waals surface area contributed by atoms with Crippen molar-refractivity contribution in [2.45, 2.75) is 23.8 Å². The summed E-state index contributed by atoms with van der Waals surface area (Å²) in [6, 6.07) is 13.3. The summed E-state index contributed by atoms with van der Waals surface area (Å²) in [6.07, 6.45) is 1.08. The van der Waals surface area contributed by atoms with Crippen LogP contribution in [0.3, 0.4) is 0 Å². The molecule has 1 N–H and O–H groups in total. The molecular formula is C19H18N4O4S2. The monoisotopic (exact) mass is 430 g/mol.